The largest absolute Gasteiger partial charge is 0.445 e. The van der Waals surface area contributed by atoms with E-state index in [0.29, 0.717) is 37.7 Å². The van der Waals surface area contributed by atoms with Crippen LogP contribution in [0.3, 0.4) is 0 Å². The molecule has 0 bridgehead atoms. The van der Waals surface area contributed by atoms with Gasteiger partial charge in [-0.1, -0.05) is 63.1 Å². The molecule has 11 nitrogen and oxygen atoms in total. The van der Waals surface area contributed by atoms with E-state index in [1.165, 1.54) is 12.1 Å². The minimum Gasteiger partial charge on any atom is -0.445 e. The van der Waals surface area contributed by atoms with E-state index in [4.69, 9.17) is 9.47 Å². The average Bonchev–Trinajstić information content (AvgIpc) is 3.06. The molecule has 1 aliphatic heterocycles. The minimum atomic E-state index is -1.01. The number of carbonyl (C=O) groups excluding carboxylic acids is 4. The molecule has 3 N–H and O–H groups in total. The maximum atomic E-state index is 15.7. The lowest BCUT2D eigenvalue weighted by Crippen LogP contribution is -2.56. The van der Waals surface area contributed by atoms with Crippen LogP contribution >= 0.6 is 0 Å². The Kier molecular flexibility index (Phi) is 13.0. The van der Waals surface area contributed by atoms with Gasteiger partial charge in [-0.3, -0.25) is 9.59 Å². The summed E-state index contributed by atoms with van der Waals surface area (Å²) in [5.74, 6) is -1.76. The Balaban J connectivity index is 1.49. The zero-order valence-electron chi connectivity index (χ0n) is 29.6. The van der Waals surface area contributed by atoms with Gasteiger partial charge in [0.25, 0.3) is 0 Å². The van der Waals surface area contributed by atoms with Crippen molar-refractivity contribution in [2.45, 2.75) is 90.5 Å². The monoisotopic (exact) mass is 681 g/mol. The van der Waals surface area contributed by atoms with Gasteiger partial charge in [-0.2, -0.15) is 0 Å². The molecule has 268 valence electrons. The molecule has 1 heterocycles. The molecular formula is C37H52FN5O6. The van der Waals surface area contributed by atoms with Gasteiger partial charge in [-0.05, 0) is 75.8 Å². The van der Waals surface area contributed by atoms with Crippen molar-refractivity contribution in [3.05, 3.63) is 65.5 Å². The number of hydrogen-bond donors (Lipinski definition) is 3. The van der Waals surface area contributed by atoms with Crippen LogP contribution in [0.2, 0.25) is 0 Å². The lowest BCUT2D eigenvalue weighted by atomic mass is 9.79. The SMILES string of the molecule is CC1CCC([C@H](NC(=O)OCc2ccccc2)C(=O)Nc2ccc([C@H](C)[C@@H](NC(=O)OC(C)(C)C)C(=O)N3CCN(C)CC3)cc2F)CC1. The number of anilines is 1. The molecule has 0 radical (unpaired) electrons. The van der Waals surface area contributed by atoms with E-state index >= 15 is 4.39 Å². The van der Waals surface area contributed by atoms with Crippen molar-refractivity contribution in [3.63, 3.8) is 0 Å². The van der Waals surface area contributed by atoms with Crippen LogP contribution in [0.5, 0.6) is 0 Å². The number of halogens is 1. The quantitative estimate of drug-likeness (QED) is 0.295. The van der Waals surface area contributed by atoms with Gasteiger partial charge in [-0.15, -0.1) is 0 Å². The standard InChI is InChI=1S/C37H52FN5O6/c1-24-12-14-27(15-13-24)32(41-35(46)48-23-26-10-8-7-9-11-26)33(44)39-30-17-16-28(22-29(30)38)25(2)31(40-36(47)49-37(3,4)5)34(45)43-20-18-42(6)19-21-43/h7-11,16-17,22,24-25,27,31-32H,12-15,18-21,23H2,1-6H3,(H,39,44)(H,40,47)(H,41,46)/t24?,25-,27?,31+,32-/m0/s1. The first-order valence-electron chi connectivity index (χ1n) is 17.2. The van der Waals surface area contributed by atoms with Crippen molar-refractivity contribution >= 4 is 29.7 Å². The number of hydrogen-bond acceptors (Lipinski definition) is 7. The van der Waals surface area contributed by atoms with Gasteiger partial charge in [0.15, 0.2) is 0 Å². The molecule has 3 atom stereocenters. The molecule has 2 aliphatic rings. The van der Waals surface area contributed by atoms with Crippen molar-refractivity contribution < 1.29 is 33.0 Å². The smallest absolute Gasteiger partial charge is 0.408 e. The number of likely N-dealkylation sites (N-methyl/N-ethyl adjacent to an activating group) is 1. The second-order valence-corrected chi connectivity index (χ2v) is 14.5. The third kappa shape index (κ3) is 11.2. The van der Waals surface area contributed by atoms with Crippen LogP contribution in [0.25, 0.3) is 0 Å². The topological polar surface area (TPSA) is 129 Å². The Morgan fingerprint density at radius 3 is 2.18 bits per heavy atom. The molecule has 1 saturated heterocycles. The molecule has 2 aromatic carbocycles. The van der Waals surface area contributed by atoms with Gasteiger partial charge in [0.2, 0.25) is 11.8 Å². The fraction of sp³-hybridized carbons (Fsp3) is 0.568. The number of piperazine rings is 1. The minimum absolute atomic E-state index is 0.0536. The highest BCUT2D eigenvalue weighted by Crippen LogP contribution is 2.32. The predicted molar refractivity (Wildman–Crippen MR) is 185 cm³/mol. The summed E-state index contributed by atoms with van der Waals surface area (Å²) in [6.45, 7) is 11.6. The molecule has 2 aromatic rings. The van der Waals surface area contributed by atoms with Crippen LogP contribution in [-0.2, 0) is 25.7 Å². The molecule has 4 amide bonds. The number of ether oxygens (including phenoxy) is 2. The summed E-state index contributed by atoms with van der Waals surface area (Å²) in [4.78, 5) is 56.8. The third-order valence-corrected chi connectivity index (χ3v) is 9.33. The van der Waals surface area contributed by atoms with Gasteiger partial charge in [0.1, 0.15) is 30.1 Å². The highest BCUT2D eigenvalue weighted by molar-refractivity contribution is 5.97. The van der Waals surface area contributed by atoms with Crippen molar-refractivity contribution in [1.82, 2.24) is 20.4 Å². The second kappa shape index (κ2) is 17.0. The highest BCUT2D eigenvalue weighted by Gasteiger charge is 2.36. The summed E-state index contributed by atoms with van der Waals surface area (Å²) in [5, 5.41) is 8.15. The van der Waals surface area contributed by atoms with Crippen molar-refractivity contribution in [1.29, 1.82) is 0 Å². The van der Waals surface area contributed by atoms with Crippen molar-refractivity contribution in [3.8, 4) is 0 Å². The summed E-state index contributed by atoms with van der Waals surface area (Å²) in [7, 11) is 1.98. The number of alkyl carbamates (subject to hydrolysis) is 2. The maximum Gasteiger partial charge on any atom is 0.408 e. The summed E-state index contributed by atoms with van der Waals surface area (Å²) in [6, 6.07) is 11.6. The van der Waals surface area contributed by atoms with Crippen LogP contribution in [0.15, 0.2) is 48.5 Å². The van der Waals surface area contributed by atoms with E-state index in [-0.39, 0.29) is 24.1 Å². The van der Waals surface area contributed by atoms with E-state index in [0.717, 1.165) is 31.2 Å². The first kappa shape index (κ1) is 37.6. The average molecular weight is 682 g/mol. The van der Waals surface area contributed by atoms with Gasteiger partial charge in [0, 0.05) is 32.1 Å². The van der Waals surface area contributed by atoms with E-state index in [9.17, 15) is 19.2 Å². The Morgan fingerprint density at radius 2 is 1.57 bits per heavy atom. The number of rotatable bonds is 10. The molecule has 4 rings (SSSR count). The summed E-state index contributed by atoms with van der Waals surface area (Å²) in [5.41, 5.74) is 0.438. The van der Waals surface area contributed by atoms with Gasteiger partial charge in [0.05, 0.1) is 5.69 Å². The second-order valence-electron chi connectivity index (χ2n) is 14.5. The van der Waals surface area contributed by atoms with Gasteiger partial charge in [-0.25, -0.2) is 14.0 Å². The van der Waals surface area contributed by atoms with E-state index in [2.05, 4.69) is 27.8 Å². The number of carbonyl (C=O) groups is 4. The number of nitrogens with one attached hydrogen (secondary N) is 3. The van der Waals surface area contributed by atoms with E-state index in [1.54, 1.807) is 38.7 Å². The summed E-state index contributed by atoms with van der Waals surface area (Å²) in [6.07, 6.45) is 1.85. The van der Waals surface area contributed by atoms with Crippen LogP contribution < -0.4 is 16.0 Å². The molecule has 1 saturated carbocycles. The first-order valence-corrected chi connectivity index (χ1v) is 17.2. The zero-order valence-corrected chi connectivity index (χ0v) is 29.6. The number of nitrogens with zero attached hydrogens (tertiary/aromatic N) is 2. The molecule has 0 unspecified atom stereocenters. The molecular weight excluding hydrogens is 629 g/mol. The fourth-order valence-corrected chi connectivity index (χ4v) is 6.29. The lowest BCUT2D eigenvalue weighted by Gasteiger charge is -2.36. The zero-order chi connectivity index (χ0) is 35.7. The molecule has 49 heavy (non-hydrogen) atoms. The molecule has 2 fully saturated rings. The van der Waals surface area contributed by atoms with E-state index < -0.39 is 47.5 Å². The highest BCUT2D eigenvalue weighted by atomic mass is 19.1. The fourth-order valence-electron chi connectivity index (χ4n) is 6.29. The Morgan fingerprint density at radius 1 is 0.918 bits per heavy atom. The van der Waals surface area contributed by atoms with Gasteiger partial charge >= 0.3 is 12.2 Å². The summed E-state index contributed by atoms with van der Waals surface area (Å²) >= 11 is 0. The van der Waals surface area contributed by atoms with Crippen molar-refractivity contribution in [2.24, 2.45) is 11.8 Å². The Labute approximate surface area is 289 Å². The van der Waals surface area contributed by atoms with Crippen LogP contribution in [0.1, 0.15) is 77.3 Å². The Bertz CT molecular complexity index is 1430. The van der Waals surface area contributed by atoms with Crippen LogP contribution in [0, 0.1) is 17.7 Å². The summed E-state index contributed by atoms with van der Waals surface area (Å²) < 4.78 is 26.6. The third-order valence-electron chi connectivity index (χ3n) is 9.33. The number of amides is 4. The molecule has 0 aromatic heterocycles. The molecule has 1 aliphatic carbocycles. The Hall–Kier alpha value is -4.19. The maximum absolute atomic E-state index is 15.7. The van der Waals surface area contributed by atoms with Crippen LogP contribution in [0.4, 0.5) is 19.7 Å². The van der Waals surface area contributed by atoms with Crippen LogP contribution in [-0.4, -0.2) is 84.7 Å². The lowest BCUT2D eigenvalue weighted by molar-refractivity contribution is -0.135. The van der Waals surface area contributed by atoms with Gasteiger partial charge < -0.3 is 35.2 Å². The first-order chi connectivity index (χ1) is 23.2. The van der Waals surface area contributed by atoms with Crippen molar-refractivity contribution in [2.75, 3.05) is 38.5 Å². The molecule has 0 spiro atoms. The predicted octanol–water partition coefficient (Wildman–Crippen LogP) is 5.66. The van der Waals surface area contributed by atoms with E-state index in [1.807, 2.05) is 37.4 Å². The normalized spacial score (nSPS) is 20.3. The molecule has 12 heteroatoms. The number of benzene rings is 2.